The quantitative estimate of drug-likeness (QED) is 0.668. The van der Waals surface area contributed by atoms with Crippen LogP contribution in [0.1, 0.15) is 24.1 Å². The molecule has 1 aliphatic carbocycles. The van der Waals surface area contributed by atoms with Gasteiger partial charge in [-0.05, 0) is 19.3 Å². The summed E-state index contributed by atoms with van der Waals surface area (Å²) >= 11 is 0. The highest BCUT2D eigenvalue weighted by Crippen LogP contribution is 2.28. The molecule has 0 spiro atoms. The summed E-state index contributed by atoms with van der Waals surface area (Å²) in [6.45, 7) is 2.14. The molecule has 2 aliphatic heterocycles. The first kappa shape index (κ1) is 19.8. The number of carbonyl (C=O) groups excluding carboxylic acids is 1. The van der Waals surface area contributed by atoms with Crippen LogP contribution in [0.2, 0.25) is 0 Å². The third kappa shape index (κ3) is 4.34. The van der Waals surface area contributed by atoms with Gasteiger partial charge in [0.1, 0.15) is 11.9 Å². The van der Waals surface area contributed by atoms with Gasteiger partial charge in [-0.1, -0.05) is 12.2 Å². The lowest BCUT2D eigenvalue weighted by Crippen LogP contribution is -2.44. The van der Waals surface area contributed by atoms with Crippen molar-refractivity contribution in [1.29, 1.82) is 0 Å². The molecule has 7 nitrogen and oxygen atoms in total. The molecular formula is C16H24Cl2N6O. The lowest BCUT2D eigenvalue weighted by atomic mass is 10.1. The molecule has 0 saturated heterocycles. The molecule has 0 radical (unpaired) electrons. The number of anilines is 2. The van der Waals surface area contributed by atoms with E-state index in [4.69, 9.17) is 5.73 Å². The van der Waals surface area contributed by atoms with E-state index in [2.05, 4.69) is 20.6 Å². The van der Waals surface area contributed by atoms with E-state index in [-0.39, 0.29) is 36.8 Å². The summed E-state index contributed by atoms with van der Waals surface area (Å²) in [4.78, 5) is 23.3. The van der Waals surface area contributed by atoms with Crippen molar-refractivity contribution in [2.45, 2.75) is 37.8 Å². The number of nitrogens with zero attached hydrogens (tertiary/aromatic N) is 3. The Balaban J connectivity index is 0.00000113. The SMILES string of the molecule is Cl.Cl.Nc1nc2c(c(NC3CC3)n1)CCN(C(=O)C1C=CCN1)CC2. The van der Waals surface area contributed by atoms with Crippen molar-refractivity contribution >= 4 is 42.5 Å². The van der Waals surface area contributed by atoms with Crippen LogP contribution in [-0.2, 0) is 17.6 Å². The number of nitrogen functional groups attached to an aromatic ring is 1. The zero-order valence-corrected chi connectivity index (χ0v) is 15.5. The van der Waals surface area contributed by atoms with Gasteiger partial charge in [-0.15, -0.1) is 24.8 Å². The number of nitrogens with one attached hydrogen (secondary N) is 2. The van der Waals surface area contributed by atoms with Crippen LogP contribution in [0.5, 0.6) is 0 Å². The summed E-state index contributed by atoms with van der Waals surface area (Å²) < 4.78 is 0. The van der Waals surface area contributed by atoms with Crippen LogP contribution in [0.3, 0.4) is 0 Å². The summed E-state index contributed by atoms with van der Waals surface area (Å²) in [6.07, 6.45) is 7.81. The fourth-order valence-corrected chi connectivity index (χ4v) is 3.21. The minimum Gasteiger partial charge on any atom is -0.368 e. The van der Waals surface area contributed by atoms with Gasteiger partial charge in [0, 0.05) is 37.7 Å². The largest absolute Gasteiger partial charge is 0.368 e. The fourth-order valence-electron chi connectivity index (χ4n) is 3.21. The number of amides is 1. The molecule has 0 bridgehead atoms. The second-order valence-corrected chi connectivity index (χ2v) is 6.41. The van der Waals surface area contributed by atoms with Gasteiger partial charge in [0.05, 0.1) is 5.69 Å². The maximum atomic E-state index is 12.6. The number of fused-ring (bicyclic) bond motifs is 1. The van der Waals surface area contributed by atoms with Gasteiger partial charge in [0.25, 0.3) is 0 Å². The average Bonchev–Trinajstić information content (AvgIpc) is 3.22. The number of carbonyl (C=O) groups is 1. The van der Waals surface area contributed by atoms with Crippen LogP contribution in [0.15, 0.2) is 12.2 Å². The monoisotopic (exact) mass is 386 g/mol. The van der Waals surface area contributed by atoms with E-state index in [1.54, 1.807) is 0 Å². The first-order valence-electron chi connectivity index (χ1n) is 8.31. The van der Waals surface area contributed by atoms with E-state index in [0.29, 0.717) is 25.1 Å². The molecule has 4 N–H and O–H groups in total. The van der Waals surface area contributed by atoms with Crippen LogP contribution in [0.4, 0.5) is 11.8 Å². The average molecular weight is 387 g/mol. The van der Waals surface area contributed by atoms with Gasteiger partial charge in [-0.3, -0.25) is 10.1 Å². The minimum atomic E-state index is -0.184. The van der Waals surface area contributed by atoms with Crippen LogP contribution in [-0.4, -0.2) is 52.5 Å². The van der Waals surface area contributed by atoms with Crippen molar-refractivity contribution in [2.75, 3.05) is 30.7 Å². The Bertz CT molecular complexity index is 664. The third-order valence-electron chi connectivity index (χ3n) is 4.64. The first-order valence-corrected chi connectivity index (χ1v) is 8.31. The predicted molar refractivity (Wildman–Crippen MR) is 103 cm³/mol. The van der Waals surface area contributed by atoms with E-state index in [1.807, 2.05) is 17.1 Å². The Labute approximate surface area is 159 Å². The summed E-state index contributed by atoms with van der Waals surface area (Å²) in [5, 5.41) is 6.64. The molecule has 3 heterocycles. The van der Waals surface area contributed by atoms with Crippen molar-refractivity contribution in [3.05, 3.63) is 23.4 Å². The molecule has 4 rings (SSSR count). The molecule has 3 aliphatic rings. The molecule has 9 heteroatoms. The van der Waals surface area contributed by atoms with Crippen molar-refractivity contribution in [1.82, 2.24) is 20.2 Å². The Hall–Kier alpha value is -1.57. The highest BCUT2D eigenvalue weighted by molar-refractivity contribution is 5.85. The van der Waals surface area contributed by atoms with Crippen molar-refractivity contribution in [3.63, 3.8) is 0 Å². The number of halogens is 2. The van der Waals surface area contributed by atoms with Crippen molar-refractivity contribution in [3.8, 4) is 0 Å². The van der Waals surface area contributed by atoms with Gasteiger partial charge >= 0.3 is 0 Å². The molecular weight excluding hydrogens is 363 g/mol. The highest BCUT2D eigenvalue weighted by Gasteiger charge is 2.29. The molecule has 0 aromatic carbocycles. The Kier molecular flexibility index (Phi) is 6.48. The fraction of sp³-hybridized carbons (Fsp3) is 0.562. The predicted octanol–water partition coefficient (Wildman–Crippen LogP) is 0.932. The molecule has 1 atom stereocenters. The van der Waals surface area contributed by atoms with Gasteiger partial charge in [0.2, 0.25) is 11.9 Å². The van der Waals surface area contributed by atoms with Crippen LogP contribution in [0.25, 0.3) is 0 Å². The maximum Gasteiger partial charge on any atom is 0.243 e. The Morgan fingerprint density at radius 1 is 1.24 bits per heavy atom. The van der Waals surface area contributed by atoms with Crippen molar-refractivity contribution in [2.24, 2.45) is 0 Å². The first-order chi connectivity index (χ1) is 11.2. The number of hydrogen-bond donors (Lipinski definition) is 3. The zero-order chi connectivity index (χ0) is 15.8. The van der Waals surface area contributed by atoms with Crippen molar-refractivity contribution < 1.29 is 4.79 Å². The van der Waals surface area contributed by atoms with Crippen LogP contribution < -0.4 is 16.4 Å². The number of aromatic nitrogens is 2. The van der Waals surface area contributed by atoms with Gasteiger partial charge in [0.15, 0.2) is 0 Å². The lowest BCUT2D eigenvalue weighted by Gasteiger charge is -2.23. The van der Waals surface area contributed by atoms with Gasteiger partial charge in [-0.25, -0.2) is 4.98 Å². The highest BCUT2D eigenvalue weighted by atomic mass is 35.5. The topological polar surface area (TPSA) is 96.2 Å². The van der Waals surface area contributed by atoms with E-state index in [0.717, 1.165) is 36.5 Å². The standard InChI is InChI=1S/C16H22N6O.2ClH/c17-16-20-12-6-9-22(15(23)13-2-1-7-18-13)8-5-11(12)14(21-16)19-10-3-4-10;;/h1-2,10,13,18H,3-9H2,(H3,17,19,20,21);2*1H. The second kappa shape index (κ2) is 8.21. The Morgan fingerprint density at radius 2 is 2.00 bits per heavy atom. The Morgan fingerprint density at radius 3 is 2.68 bits per heavy atom. The summed E-state index contributed by atoms with van der Waals surface area (Å²) in [7, 11) is 0. The van der Waals surface area contributed by atoms with Crippen LogP contribution in [0, 0.1) is 0 Å². The van der Waals surface area contributed by atoms with Gasteiger partial charge in [-0.2, -0.15) is 4.98 Å². The number of rotatable bonds is 3. The summed E-state index contributed by atoms with van der Waals surface area (Å²) in [6, 6.07) is 0.332. The molecule has 1 saturated carbocycles. The summed E-state index contributed by atoms with van der Waals surface area (Å²) in [5.74, 6) is 1.32. The maximum absolute atomic E-state index is 12.6. The molecule has 25 heavy (non-hydrogen) atoms. The minimum absolute atomic E-state index is 0. The molecule has 1 aromatic rings. The molecule has 1 fully saturated rings. The third-order valence-corrected chi connectivity index (χ3v) is 4.64. The zero-order valence-electron chi connectivity index (χ0n) is 13.9. The van der Waals surface area contributed by atoms with E-state index >= 15 is 0 Å². The van der Waals surface area contributed by atoms with E-state index in [1.165, 1.54) is 12.8 Å². The summed E-state index contributed by atoms with van der Waals surface area (Å²) in [5.41, 5.74) is 7.96. The van der Waals surface area contributed by atoms with Gasteiger partial charge < -0.3 is 16.0 Å². The van der Waals surface area contributed by atoms with E-state index in [9.17, 15) is 4.79 Å². The molecule has 1 aromatic heterocycles. The normalized spacial score (nSPS) is 21.6. The molecule has 138 valence electrons. The molecule has 1 unspecified atom stereocenters. The van der Waals surface area contributed by atoms with Crippen LogP contribution >= 0.6 is 24.8 Å². The second-order valence-electron chi connectivity index (χ2n) is 6.41. The molecule has 1 amide bonds. The number of nitrogens with two attached hydrogens (primary N) is 1. The lowest BCUT2D eigenvalue weighted by molar-refractivity contribution is -0.131. The number of hydrogen-bond acceptors (Lipinski definition) is 6. The smallest absolute Gasteiger partial charge is 0.243 e. The van der Waals surface area contributed by atoms with E-state index < -0.39 is 0 Å².